The Kier molecular flexibility index (Phi) is 7.23. The Morgan fingerprint density at radius 3 is 2.38 bits per heavy atom. The first-order valence-electron chi connectivity index (χ1n) is 7.64. The number of amides is 1. The van der Waals surface area contributed by atoms with E-state index in [9.17, 15) is 4.79 Å². The van der Waals surface area contributed by atoms with Gasteiger partial charge in [0.1, 0.15) is 5.75 Å². The Balaban J connectivity index is 2.52. The van der Waals surface area contributed by atoms with E-state index in [1.165, 1.54) is 5.56 Å². The Bertz CT molecular complexity index is 429. The van der Waals surface area contributed by atoms with Crippen molar-refractivity contribution < 1.29 is 9.53 Å². The molecule has 1 N–H and O–H groups in total. The standard InChI is InChI=1S/C17H28N2O2/c1-6-11-18-13(2)12-15-7-9-16(10-8-15)21-14(3)17(20)19(4)5/h7-10,13-14,18H,6,11-12H2,1-5H3. The molecule has 0 radical (unpaired) electrons. The molecule has 0 fully saturated rings. The van der Waals surface area contributed by atoms with Crippen molar-refractivity contribution >= 4 is 5.91 Å². The zero-order valence-corrected chi connectivity index (χ0v) is 13.8. The van der Waals surface area contributed by atoms with Gasteiger partial charge in [-0.05, 0) is 50.9 Å². The van der Waals surface area contributed by atoms with Crippen LogP contribution in [0, 0.1) is 0 Å². The van der Waals surface area contributed by atoms with Gasteiger partial charge in [0.05, 0.1) is 0 Å². The molecule has 0 aliphatic rings. The molecule has 1 rings (SSSR count). The zero-order chi connectivity index (χ0) is 15.8. The van der Waals surface area contributed by atoms with Gasteiger partial charge >= 0.3 is 0 Å². The lowest BCUT2D eigenvalue weighted by atomic mass is 10.1. The summed E-state index contributed by atoms with van der Waals surface area (Å²) in [6, 6.07) is 8.45. The van der Waals surface area contributed by atoms with Gasteiger partial charge in [-0.3, -0.25) is 4.79 Å². The molecule has 0 bridgehead atoms. The van der Waals surface area contributed by atoms with Crippen LogP contribution >= 0.6 is 0 Å². The number of hydrogen-bond acceptors (Lipinski definition) is 3. The number of nitrogens with zero attached hydrogens (tertiary/aromatic N) is 1. The van der Waals surface area contributed by atoms with Crippen LogP contribution in [0.25, 0.3) is 0 Å². The molecule has 2 atom stereocenters. The Morgan fingerprint density at radius 1 is 1.24 bits per heavy atom. The molecule has 0 saturated heterocycles. The third-order valence-electron chi connectivity index (χ3n) is 3.31. The van der Waals surface area contributed by atoms with Crippen LogP contribution in [-0.4, -0.2) is 43.6 Å². The van der Waals surface area contributed by atoms with Gasteiger partial charge < -0.3 is 15.0 Å². The summed E-state index contributed by atoms with van der Waals surface area (Å²) >= 11 is 0. The summed E-state index contributed by atoms with van der Waals surface area (Å²) in [6.07, 6.45) is 1.68. The monoisotopic (exact) mass is 292 g/mol. The molecule has 0 saturated carbocycles. The van der Waals surface area contributed by atoms with Crippen molar-refractivity contribution in [2.75, 3.05) is 20.6 Å². The number of benzene rings is 1. The second kappa shape index (κ2) is 8.67. The van der Waals surface area contributed by atoms with Gasteiger partial charge in [-0.15, -0.1) is 0 Å². The van der Waals surface area contributed by atoms with E-state index in [2.05, 4.69) is 31.3 Å². The maximum Gasteiger partial charge on any atom is 0.262 e. The highest BCUT2D eigenvalue weighted by molar-refractivity contribution is 5.80. The predicted octanol–water partition coefficient (Wildman–Crippen LogP) is 2.47. The van der Waals surface area contributed by atoms with Crippen LogP contribution in [0.5, 0.6) is 5.75 Å². The van der Waals surface area contributed by atoms with Gasteiger partial charge in [-0.2, -0.15) is 0 Å². The Hall–Kier alpha value is -1.55. The van der Waals surface area contributed by atoms with Crippen molar-refractivity contribution in [3.63, 3.8) is 0 Å². The maximum atomic E-state index is 11.8. The zero-order valence-electron chi connectivity index (χ0n) is 13.8. The molecular formula is C17H28N2O2. The molecule has 118 valence electrons. The van der Waals surface area contributed by atoms with Crippen molar-refractivity contribution in [3.05, 3.63) is 29.8 Å². The summed E-state index contributed by atoms with van der Waals surface area (Å²) in [7, 11) is 3.46. The van der Waals surface area contributed by atoms with E-state index in [-0.39, 0.29) is 5.91 Å². The van der Waals surface area contributed by atoms with E-state index in [0.717, 1.165) is 25.1 Å². The fourth-order valence-corrected chi connectivity index (χ4v) is 2.14. The minimum atomic E-state index is -0.462. The maximum absolute atomic E-state index is 11.8. The third-order valence-corrected chi connectivity index (χ3v) is 3.31. The van der Waals surface area contributed by atoms with Crippen LogP contribution in [0.2, 0.25) is 0 Å². The largest absolute Gasteiger partial charge is 0.481 e. The van der Waals surface area contributed by atoms with Crippen LogP contribution in [0.1, 0.15) is 32.8 Å². The first kappa shape index (κ1) is 17.5. The van der Waals surface area contributed by atoms with Crippen molar-refractivity contribution in [1.29, 1.82) is 0 Å². The van der Waals surface area contributed by atoms with Crippen LogP contribution in [0.15, 0.2) is 24.3 Å². The molecule has 1 aromatic rings. The van der Waals surface area contributed by atoms with Crippen LogP contribution in [0.3, 0.4) is 0 Å². The molecule has 4 heteroatoms. The minimum Gasteiger partial charge on any atom is -0.481 e. The summed E-state index contributed by atoms with van der Waals surface area (Å²) in [5.41, 5.74) is 1.27. The number of ether oxygens (including phenoxy) is 1. The van der Waals surface area contributed by atoms with Gasteiger partial charge in [0.15, 0.2) is 6.10 Å². The fraction of sp³-hybridized carbons (Fsp3) is 0.588. The molecule has 1 aromatic carbocycles. The number of hydrogen-bond donors (Lipinski definition) is 1. The first-order valence-corrected chi connectivity index (χ1v) is 7.64. The topological polar surface area (TPSA) is 41.6 Å². The number of nitrogens with one attached hydrogen (secondary N) is 1. The summed E-state index contributed by atoms with van der Waals surface area (Å²) in [4.78, 5) is 13.3. The van der Waals surface area contributed by atoms with E-state index in [1.54, 1.807) is 25.9 Å². The molecule has 4 nitrogen and oxygen atoms in total. The second-order valence-corrected chi connectivity index (χ2v) is 5.70. The van der Waals surface area contributed by atoms with Gasteiger partial charge in [0.25, 0.3) is 5.91 Å². The van der Waals surface area contributed by atoms with Gasteiger partial charge in [0, 0.05) is 20.1 Å². The van der Waals surface area contributed by atoms with Gasteiger partial charge in [-0.25, -0.2) is 0 Å². The van der Waals surface area contributed by atoms with Crippen molar-refractivity contribution in [3.8, 4) is 5.75 Å². The normalized spacial score (nSPS) is 13.6. The van der Waals surface area contributed by atoms with Crippen LogP contribution in [-0.2, 0) is 11.2 Å². The van der Waals surface area contributed by atoms with Crippen LogP contribution < -0.4 is 10.1 Å². The van der Waals surface area contributed by atoms with E-state index >= 15 is 0 Å². The number of rotatable bonds is 8. The molecular weight excluding hydrogens is 264 g/mol. The Morgan fingerprint density at radius 2 is 1.86 bits per heavy atom. The molecule has 0 aliphatic carbocycles. The van der Waals surface area contributed by atoms with E-state index in [4.69, 9.17) is 4.74 Å². The highest BCUT2D eigenvalue weighted by Crippen LogP contribution is 2.15. The van der Waals surface area contributed by atoms with Gasteiger partial charge in [0.2, 0.25) is 0 Å². The Labute approximate surface area is 128 Å². The van der Waals surface area contributed by atoms with E-state index in [0.29, 0.717) is 6.04 Å². The molecule has 21 heavy (non-hydrogen) atoms. The average Bonchev–Trinajstić information content (AvgIpc) is 2.46. The minimum absolute atomic E-state index is 0.0311. The summed E-state index contributed by atoms with van der Waals surface area (Å²) in [6.45, 7) is 7.18. The third kappa shape index (κ3) is 6.17. The highest BCUT2D eigenvalue weighted by atomic mass is 16.5. The lowest BCUT2D eigenvalue weighted by Crippen LogP contribution is -2.35. The van der Waals surface area contributed by atoms with Gasteiger partial charge in [-0.1, -0.05) is 19.1 Å². The fourth-order valence-electron chi connectivity index (χ4n) is 2.14. The first-order chi connectivity index (χ1) is 9.93. The van der Waals surface area contributed by atoms with Crippen LogP contribution in [0.4, 0.5) is 0 Å². The molecule has 1 amide bonds. The second-order valence-electron chi connectivity index (χ2n) is 5.70. The van der Waals surface area contributed by atoms with E-state index in [1.807, 2.05) is 12.1 Å². The number of carbonyl (C=O) groups excluding carboxylic acids is 1. The smallest absolute Gasteiger partial charge is 0.262 e. The quantitative estimate of drug-likeness (QED) is 0.800. The highest BCUT2D eigenvalue weighted by Gasteiger charge is 2.16. The molecule has 0 spiro atoms. The predicted molar refractivity (Wildman–Crippen MR) is 86.7 cm³/mol. The average molecular weight is 292 g/mol. The molecule has 2 unspecified atom stereocenters. The summed E-state index contributed by atoms with van der Waals surface area (Å²) in [5, 5.41) is 3.47. The van der Waals surface area contributed by atoms with E-state index < -0.39 is 6.10 Å². The lowest BCUT2D eigenvalue weighted by Gasteiger charge is -2.18. The number of carbonyl (C=O) groups is 1. The summed E-state index contributed by atoms with van der Waals surface area (Å²) in [5.74, 6) is 0.701. The van der Waals surface area contributed by atoms with Crippen molar-refractivity contribution in [2.24, 2.45) is 0 Å². The lowest BCUT2D eigenvalue weighted by molar-refractivity contribution is -0.135. The summed E-state index contributed by atoms with van der Waals surface area (Å²) < 4.78 is 5.66. The molecule has 0 heterocycles. The van der Waals surface area contributed by atoms with Crippen molar-refractivity contribution in [2.45, 2.75) is 45.8 Å². The van der Waals surface area contributed by atoms with Crippen molar-refractivity contribution in [1.82, 2.24) is 10.2 Å². The molecule has 0 aromatic heterocycles. The number of likely N-dealkylation sites (N-methyl/N-ethyl adjacent to an activating group) is 1. The SMILES string of the molecule is CCCNC(C)Cc1ccc(OC(C)C(=O)N(C)C)cc1. The molecule has 0 aliphatic heterocycles.